The SMILES string of the molecule is NC(Nc1cc(F)cc(F)c1)c1ccccc1. The molecule has 88 valence electrons. The highest BCUT2D eigenvalue weighted by molar-refractivity contribution is 5.45. The van der Waals surface area contributed by atoms with E-state index in [1.165, 1.54) is 12.1 Å². The van der Waals surface area contributed by atoms with Crippen molar-refractivity contribution in [3.05, 3.63) is 65.7 Å². The van der Waals surface area contributed by atoms with Crippen LogP contribution in [0.1, 0.15) is 11.7 Å². The van der Waals surface area contributed by atoms with Gasteiger partial charge in [-0.1, -0.05) is 30.3 Å². The molecule has 0 aliphatic carbocycles. The van der Waals surface area contributed by atoms with E-state index in [2.05, 4.69) is 5.32 Å². The Labute approximate surface area is 98.1 Å². The van der Waals surface area contributed by atoms with Crippen LogP contribution in [0, 0.1) is 11.6 Å². The summed E-state index contributed by atoms with van der Waals surface area (Å²) >= 11 is 0. The zero-order valence-corrected chi connectivity index (χ0v) is 9.03. The van der Waals surface area contributed by atoms with Gasteiger partial charge in [0.2, 0.25) is 0 Å². The van der Waals surface area contributed by atoms with Crippen LogP contribution in [0.5, 0.6) is 0 Å². The molecule has 0 saturated heterocycles. The molecule has 17 heavy (non-hydrogen) atoms. The lowest BCUT2D eigenvalue weighted by molar-refractivity contribution is 0.583. The minimum Gasteiger partial charge on any atom is -0.366 e. The van der Waals surface area contributed by atoms with Gasteiger partial charge in [0, 0.05) is 11.8 Å². The average Bonchev–Trinajstić information content (AvgIpc) is 2.28. The number of nitrogens with one attached hydrogen (secondary N) is 1. The molecule has 0 radical (unpaired) electrons. The molecule has 2 nitrogen and oxygen atoms in total. The molecular formula is C13H12F2N2. The van der Waals surface area contributed by atoms with Crippen molar-refractivity contribution in [3.8, 4) is 0 Å². The minimum atomic E-state index is -0.632. The first-order chi connectivity index (χ1) is 8.15. The zero-order chi connectivity index (χ0) is 12.3. The number of nitrogens with two attached hydrogens (primary N) is 1. The molecule has 2 aromatic rings. The third kappa shape index (κ3) is 3.01. The number of hydrogen-bond acceptors (Lipinski definition) is 2. The van der Waals surface area contributed by atoms with Crippen LogP contribution in [0.4, 0.5) is 14.5 Å². The Hall–Kier alpha value is -1.94. The van der Waals surface area contributed by atoms with E-state index in [4.69, 9.17) is 5.73 Å². The van der Waals surface area contributed by atoms with Gasteiger partial charge in [-0.05, 0) is 17.7 Å². The van der Waals surface area contributed by atoms with Crippen molar-refractivity contribution in [1.29, 1.82) is 0 Å². The lowest BCUT2D eigenvalue weighted by Gasteiger charge is -2.15. The van der Waals surface area contributed by atoms with Crippen LogP contribution >= 0.6 is 0 Å². The van der Waals surface area contributed by atoms with Crippen molar-refractivity contribution < 1.29 is 8.78 Å². The Morgan fingerprint density at radius 1 is 0.941 bits per heavy atom. The van der Waals surface area contributed by atoms with Crippen LogP contribution in [0.25, 0.3) is 0 Å². The van der Waals surface area contributed by atoms with E-state index >= 15 is 0 Å². The van der Waals surface area contributed by atoms with E-state index in [-0.39, 0.29) is 0 Å². The molecule has 0 spiro atoms. The highest BCUT2D eigenvalue weighted by atomic mass is 19.1. The lowest BCUT2D eigenvalue weighted by atomic mass is 10.1. The Morgan fingerprint density at radius 2 is 1.53 bits per heavy atom. The highest BCUT2D eigenvalue weighted by Gasteiger charge is 2.06. The topological polar surface area (TPSA) is 38.0 Å². The summed E-state index contributed by atoms with van der Waals surface area (Å²) in [6.45, 7) is 0. The molecule has 1 unspecified atom stereocenters. The zero-order valence-electron chi connectivity index (χ0n) is 9.03. The summed E-state index contributed by atoms with van der Waals surface area (Å²) in [5.74, 6) is -1.26. The van der Waals surface area contributed by atoms with Crippen LogP contribution in [0.3, 0.4) is 0 Å². The summed E-state index contributed by atoms with van der Waals surface area (Å²) in [6.07, 6.45) is -0.502. The lowest BCUT2D eigenvalue weighted by Crippen LogP contribution is -2.20. The van der Waals surface area contributed by atoms with Gasteiger partial charge in [-0.3, -0.25) is 0 Å². The number of halogens is 2. The summed E-state index contributed by atoms with van der Waals surface area (Å²) in [6, 6.07) is 12.5. The van der Waals surface area contributed by atoms with E-state index in [0.717, 1.165) is 11.6 Å². The first-order valence-corrected chi connectivity index (χ1v) is 5.18. The molecule has 4 heteroatoms. The summed E-state index contributed by atoms with van der Waals surface area (Å²) in [5, 5.41) is 2.84. The second-order valence-electron chi connectivity index (χ2n) is 3.69. The number of rotatable bonds is 3. The second-order valence-corrected chi connectivity index (χ2v) is 3.69. The van der Waals surface area contributed by atoms with Gasteiger partial charge < -0.3 is 11.1 Å². The van der Waals surface area contributed by atoms with Gasteiger partial charge in [0.1, 0.15) is 17.8 Å². The Balaban J connectivity index is 2.16. The number of anilines is 1. The largest absolute Gasteiger partial charge is 0.366 e. The van der Waals surface area contributed by atoms with Gasteiger partial charge in [0.15, 0.2) is 0 Å². The molecule has 0 bridgehead atoms. The van der Waals surface area contributed by atoms with Gasteiger partial charge >= 0.3 is 0 Å². The van der Waals surface area contributed by atoms with Gasteiger partial charge in [-0.2, -0.15) is 0 Å². The molecule has 0 fully saturated rings. The molecule has 2 rings (SSSR count). The molecule has 2 aromatic carbocycles. The second kappa shape index (κ2) is 4.93. The van der Waals surface area contributed by atoms with E-state index in [1.54, 1.807) is 0 Å². The van der Waals surface area contributed by atoms with Crippen molar-refractivity contribution in [2.45, 2.75) is 6.17 Å². The molecule has 3 N–H and O–H groups in total. The van der Waals surface area contributed by atoms with E-state index in [9.17, 15) is 8.78 Å². The van der Waals surface area contributed by atoms with Crippen molar-refractivity contribution >= 4 is 5.69 Å². The first-order valence-electron chi connectivity index (χ1n) is 5.18. The monoisotopic (exact) mass is 234 g/mol. The fourth-order valence-corrected chi connectivity index (χ4v) is 1.56. The molecule has 0 aliphatic rings. The van der Waals surface area contributed by atoms with E-state index in [0.29, 0.717) is 5.69 Å². The van der Waals surface area contributed by atoms with Gasteiger partial charge in [0.25, 0.3) is 0 Å². The summed E-state index contributed by atoms with van der Waals surface area (Å²) in [5.41, 5.74) is 7.03. The van der Waals surface area contributed by atoms with Gasteiger partial charge in [-0.15, -0.1) is 0 Å². The third-order valence-electron chi connectivity index (χ3n) is 2.34. The molecule has 0 amide bonds. The van der Waals surface area contributed by atoms with Crippen LogP contribution in [-0.2, 0) is 0 Å². The van der Waals surface area contributed by atoms with Crippen LogP contribution < -0.4 is 11.1 Å². The molecule has 0 heterocycles. The maximum absolute atomic E-state index is 13.0. The quantitative estimate of drug-likeness (QED) is 0.801. The van der Waals surface area contributed by atoms with Gasteiger partial charge in [-0.25, -0.2) is 8.78 Å². The first kappa shape index (κ1) is 11.5. The molecule has 0 aromatic heterocycles. The maximum Gasteiger partial charge on any atom is 0.128 e. The third-order valence-corrected chi connectivity index (χ3v) is 2.34. The summed E-state index contributed by atoms with van der Waals surface area (Å²) in [4.78, 5) is 0. The standard InChI is InChI=1S/C13H12F2N2/c14-10-6-11(15)8-12(7-10)17-13(16)9-4-2-1-3-5-9/h1-8,13,17H,16H2. The van der Waals surface area contributed by atoms with E-state index in [1.807, 2.05) is 30.3 Å². The number of benzene rings is 2. The van der Waals surface area contributed by atoms with Crippen molar-refractivity contribution in [1.82, 2.24) is 0 Å². The minimum absolute atomic E-state index is 0.318. The summed E-state index contributed by atoms with van der Waals surface area (Å²) < 4.78 is 25.9. The Bertz CT molecular complexity index is 480. The fourth-order valence-electron chi connectivity index (χ4n) is 1.56. The van der Waals surface area contributed by atoms with Crippen LogP contribution in [0.2, 0.25) is 0 Å². The smallest absolute Gasteiger partial charge is 0.128 e. The van der Waals surface area contributed by atoms with Crippen molar-refractivity contribution in [2.75, 3.05) is 5.32 Å². The molecule has 0 aliphatic heterocycles. The maximum atomic E-state index is 13.0. The van der Waals surface area contributed by atoms with Crippen molar-refractivity contribution in [2.24, 2.45) is 5.73 Å². The van der Waals surface area contributed by atoms with Crippen LogP contribution in [-0.4, -0.2) is 0 Å². The highest BCUT2D eigenvalue weighted by Crippen LogP contribution is 2.17. The van der Waals surface area contributed by atoms with Crippen LogP contribution in [0.15, 0.2) is 48.5 Å². The normalized spacial score (nSPS) is 12.2. The number of hydrogen-bond donors (Lipinski definition) is 2. The molecule has 1 atom stereocenters. The van der Waals surface area contributed by atoms with Crippen molar-refractivity contribution in [3.63, 3.8) is 0 Å². The summed E-state index contributed by atoms with van der Waals surface area (Å²) in [7, 11) is 0. The fraction of sp³-hybridized carbons (Fsp3) is 0.0769. The predicted octanol–water partition coefficient (Wildman–Crippen LogP) is 3.03. The average molecular weight is 234 g/mol. The molecular weight excluding hydrogens is 222 g/mol. The molecule has 0 saturated carbocycles. The van der Waals surface area contributed by atoms with Gasteiger partial charge in [0.05, 0.1) is 0 Å². The Kier molecular flexibility index (Phi) is 3.35. The van der Waals surface area contributed by atoms with E-state index < -0.39 is 17.8 Å². The predicted molar refractivity (Wildman–Crippen MR) is 63.4 cm³/mol. The Morgan fingerprint density at radius 3 is 2.12 bits per heavy atom.